The zero-order valence-electron chi connectivity index (χ0n) is 10.0. The lowest BCUT2D eigenvalue weighted by Gasteiger charge is -2.50. The maximum Gasteiger partial charge on any atom is 0.0779 e. The van der Waals surface area contributed by atoms with E-state index in [4.69, 9.17) is 4.74 Å². The second-order valence-corrected chi connectivity index (χ2v) is 6.28. The maximum atomic E-state index is 6.07. The summed E-state index contributed by atoms with van der Waals surface area (Å²) in [6, 6.07) is 0. The molecular formula is C13H28O. The first-order chi connectivity index (χ1) is 5.71. The third-order valence-electron chi connectivity index (χ3n) is 3.44. The van der Waals surface area contributed by atoms with Crippen LogP contribution in [0.15, 0.2) is 0 Å². The average molecular weight is 200 g/mol. The highest BCUT2D eigenvalue weighted by atomic mass is 16.5. The van der Waals surface area contributed by atoms with E-state index < -0.39 is 0 Å². The summed E-state index contributed by atoms with van der Waals surface area (Å²) in [6.07, 6.45) is 2.43. The molecule has 0 aromatic heterocycles. The Morgan fingerprint density at radius 2 is 1.36 bits per heavy atom. The molecule has 1 aliphatic rings. The van der Waals surface area contributed by atoms with E-state index in [0.717, 1.165) is 6.61 Å². The van der Waals surface area contributed by atoms with Crippen molar-refractivity contribution in [2.45, 2.75) is 67.4 Å². The molecular weight excluding hydrogens is 172 g/mol. The second-order valence-electron chi connectivity index (χ2n) is 6.28. The Balaban J connectivity index is 0.00000169. The van der Waals surface area contributed by atoms with Crippen LogP contribution < -0.4 is 0 Å². The summed E-state index contributed by atoms with van der Waals surface area (Å²) >= 11 is 0. The normalized spacial score (nSPS) is 21.9. The Bertz CT molecular complexity index is 158. The van der Waals surface area contributed by atoms with Gasteiger partial charge in [0.1, 0.15) is 0 Å². The van der Waals surface area contributed by atoms with Crippen LogP contribution in [0.25, 0.3) is 0 Å². The predicted molar refractivity (Wildman–Crippen MR) is 63.6 cm³/mol. The Hall–Kier alpha value is -0.0400. The van der Waals surface area contributed by atoms with Crippen LogP contribution in [0.5, 0.6) is 0 Å². The third-order valence-corrected chi connectivity index (χ3v) is 3.44. The Kier molecular flexibility index (Phi) is 3.83. The van der Waals surface area contributed by atoms with Gasteiger partial charge in [-0.15, -0.1) is 0 Å². The molecule has 0 saturated carbocycles. The Morgan fingerprint density at radius 3 is 1.50 bits per heavy atom. The van der Waals surface area contributed by atoms with Crippen LogP contribution in [0, 0.1) is 10.8 Å². The summed E-state index contributed by atoms with van der Waals surface area (Å²) in [4.78, 5) is 0. The van der Waals surface area contributed by atoms with Crippen LogP contribution in [0.3, 0.4) is 0 Å². The van der Waals surface area contributed by atoms with Crippen molar-refractivity contribution in [1.29, 1.82) is 0 Å². The molecule has 86 valence electrons. The number of rotatable bonds is 0. The lowest BCUT2D eigenvalue weighted by Crippen LogP contribution is -2.52. The van der Waals surface area contributed by atoms with E-state index in [1.165, 1.54) is 12.8 Å². The van der Waals surface area contributed by atoms with E-state index in [9.17, 15) is 0 Å². The molecule has 0 aromatic carbocycles. The molecule has 0 unspecified atom stereocenters. The first-order valence-corrected chi connectivity index (χ1v) is 5.35. The molecule has 0 amide bonds. The van der Waals surface area contributed by atoms with Crippen molar-refractivity contribution in [2.75, 3.05) is 6.61 Å². The van der Waals surface area contributed by atoms with Crippen LogP contribution >= 0.6 is 0 Å². The number of hydrogen-bond acceptors (Lipinski definition) is 1. The van der Waals surface area contributed by atoms with Crippen molar-refractivity contribution in [1.82, 2.24) is 0 Å². The topological polar surface area (TPSA) is 9.23 Å². The number of hydrogen-bond donors (Lipinski definition) is 0. The molecule has 0 radical (unpaired) electrons. The molecule has 1 heteroatoms. The van der Waals surface area contributed by atoms with Gasteiger partial charge in [0.2, 0.25) is 0 Å². The second kappa shape index (κ2) is 3.84. The van der Waals surface area contributed by atoms with Crippen molar-refractivity contribution in [2.24, 2.45) is 10.8 Å². The standard InChI is InChI=1S/C12H24O.CH4/c1-10(2,3)12(11(4,5)6)8-7-9-13-12;/h7-9H2,1-6H3;1H4. The molecule has 0 atom stereocenters. The number of ether oxygens (including phenoxy) is 1. The fourth-order valence-electron chi connectivity index (χ4n) is 2.95. The van der Waals surface area contributed by atoms with Gasteiger partial charge in [0.15, 0.2) is 0 Å². The first-order valence-electron chi connectivity index (χ1n) is 5.35. The highest BCUT2D eigenvalue weighted by Crippen LogP contribution is 2.52. The van der Waals surface area contributed by atoms with Crippen LogP contribution in [0.2, 0.25) is 0 Å². The molecule has 1 nitrogen and oxygen atoms in total. The zero-order valence-corrected chi connectivity index (χ0v) is 10.0. The van der Waals surface area contributed by atoms with Gasteiger partial charge in [-0.25, -0.2) is 0 Å². The molecule has 1 heterocycles. The summed E-state index contributed by atoms with van der Waals surface area (Å²) in [5.41, 5.74) is 0.545. The highest BCUT2D eigenvalue weighted by molar-refractivity contribution is 5.03. The van der Waals surface area contributed by atoms with E-state index in [0.29, 0.717) is 0 Å². The van der Waals surface area contributed by atoms with Crippen LogP contribution in [-0.2, 0) is 4.74 Å². The molecule has 0 bridgehead atoms. The van der Waals surface area contributed by atoms with E-state index in [1.54, 1.807) is 0 Å². The molecule has 14 heavy (non-hydrogen) atoms. The fourth-order valence-corrected chi connectivity index (χ4v) is 2.95. The van der Waals surface area contributed by atoms with Gasteiger partial charge in [-0.2, -0.15) is 0 Å². The van der Waals surface area contributed by atoms with Crippen molar-refractivity contribution in [3.8, 4) is 0 Å². The molecule has 0 N–H and O–H groups in total. The minimum Gasteiger partial charge on any atom is -0.374 e. The van der Waals surface area contributed by atoms with Gasteiger partial charge in [-0.1, -0.05) is 49.0 Å². The van der Waals surface area contributed by atoms with Gasteiger partial charge >= 0.3 is 0 Å². The van der Waals surface area contributed by atoms with E-state index in [1.807, 2.05) is 0 Å². The molecule has 0 spiro atoms. The van der Waals surface area contributed by atoms with Crippen LogP contribution in [0.4, 0.5) is 0 Å². The van der Waals surface area contributed by atoms with Crippen molar-refractivity contribution in [3.63, 3.8) is 0 Å². The quantitative estimate of drug-likeness (QED) is 0.567. The Labute approximate surface area is 90.2 Å². The highest BCUT2D eigenvalue weighted by Gasteiger charge is 2.53. The van der Waals surface area contributed by atoms with Crippen molar-refractivity contribution in [3.05, 3.63) is 0 Å². The summed E-state index contributed by atoms with van der Waals surface area (Å²) in [6.45, 7) is 14.7. The smallest absolute Gasteiger partial charge is 0.0779 e. The van der Waals surface area contributed by atoms with Gasteiger partial charge < -0.3 is 4.74 Å². The minimum absolute atomic E-state index is 0. The summed E-state index contributed by atoms with van der Waals surface area (Å²) in [5, 5.41) is 0. The van der Waals surface area contributed by atoms with E-state index in [2.05, 4.69) is 41.5 Å². The molecule has 1 rings (SSSR count). The average Bonchev–Trinajstić information content (AvgIpc) is 2.28. The third kappa shape index (κ3) is 1.98. The fraction of sp³-hybridized carbons (Fsp3) is 1.00. The van der Waals surface area contributed by atoms with Crippen LogP contribution in [0.1, 0.15) is 61.8 Å². The molecule has 0 aliphatic carbocycles. The SMILES string of the molecule is C.CC(C)(C)C1(C(C)(C)C)CCCO1. The summed E-state index contributed by atoms with van der Waals surface area (Å²) in [5.74, 6) is 0. The van der Waals surface area contributed by atoms with Gasteiger partial charge in [0, 0.05) is 6.61 Å². The van der Waals surface area contributed by atoms with E-state index in [-0.39, 0.29) is 23.9 Å². The maximum absolute atomic E-state index is 6.07. The largest absolute Gasteiger partial charge is 0.374 e. The summed E-state index contributed by atoms with van der Waals surface area (Å²) < 4.78 is 6.07. The van der Waals surface area contributed by atoms with Crippen LogP contribution in [-0.4, -0.2) is 12.2 Å². The first kappa shape index (κ1) is 14.0. The molecule has 1 saturated heterocycles. The summed E-state index contributed by atoms with van der Waals surface area (Å²) in [7, 11) is 0. The lowest BCUT2D eigenvalue weighted by molar-refractivity contribution is -0.148. The van der Waals surface area contributed by atoms with Crippen molar-refractivity contribution >= 4 is 0 Å². The monoisotopic (exact) mass is 200 g/mol. The molecule has 0 aromatic rings. The van der Waals surface area contributed by atoms with E-state index >= 15 is 0 Å². The van der Waals surface area contributed by atoms with Gasteiger partial charge in [-0.05, 0) is 23.7 Å². The zero-order chi connectivity index (χ0) is 10.3. The predicted octanol–water partition coefficient (Wildman–Crippen LogP) is 4.26. The lowest BCUT2D eigenvalue weighted by atomic mass is 9.61. The Morgan fingerprint density at radius 1 is 0.929 bits per heavy atom. The van der Waals surface area contributed by atoms with Gasteiger partial charge in [0.05, 0.1) is 5.60 Å². The molecule has 1 fully saturated rings. The minimum atomic E-state index is 0. The van der Waals surface area contributed by atoms with Crippen molar-refractivity contribution < 1.29 is 4.74 Å². The van der Waals surface area contributed by atoms with Gasteiger partial charge in [-0.3, -0.25) is 0 Å². The molecule has 1 aliphatic heterocycles. The van der Waals surface area contributed by atoms with Gasteiger partial charge in [0.25, 0.3) is 0 Å².